The van der Waals surface area contributed by atoms with Crippen molar-refractivity contribution >= 4 is 35.5 Å². The van der Waals surface area contributed by atoms with Gasteiger partial charge in [0.05, 0.1) is 11.7 Å². The number of carboxylic acid groups (broad SMARTS) is 1. The number of β-lactam (4-membered cyclic amide) rings is 1. The number of carbonyl (C=O) groups excluding carboxylic acids is 4. The predicted molar refractivity (Wildman–Crippen MR) is 89.5 cm³/mol. The fourth-order valence-corrected chi connectivity index (χ4v) is 4.11. The monoisotopic (exact) mass is 414 g/mol. The molecule has 27 heavy (non-hydrogen) atoms. The van der Waals surface area contributed by atoms with Crippen LogP contribution in [0.4, 0.5) is 0 Å². The van der Waals surface area contributed by atoms with E-state index in [1.807, 2.05) is 0 Å². The van der Waals surface area contributed by atoms with Crippen molar-refractivity contribution in [1.82, 2.24) is 10.2 Å². The Morgan fingerprint density at radius 2 is 1.96 bits per heavy atom. The van der Waals surface area contributed by atoms with Crippen LogP contribution in [0.25, 0.3) is 0 Å². The number of aliphatic carboxylic acids is 1. The Kier molecular flexibility index (Phi) is 7.66. The van der Waals surface area contributed by atoms with Gasteiger partial charge in [-0.05, 0) is 12.1 Å². The van der Waals surface area contributed by atoms with Crippen LogP contribution >= 0.6 is 11.8 Å². The Balaban J connectivity index is 0.00000261. The molecule has 1 saturated heterocycles. The fourth-order valence-electron chi connectivity index (χ4n) is 2.79. The summed E-state index contributed by atoms with van der Waals surface area (Å²) in [6.45, 7) is 0.991. The Labute approximate surface area is 202 Å². The molecule has 2 aliphatic rings. The maximum absolute atomic E-state index is 12.4. The van der Waals surface area contributed by atoms with Crippen LogP contribution in [-0.2, 0) is 19.1 Å². The molecule has 1 N–H and O–H groups in total. The van der Waals surface area contributed by atoms with E-state index in [2.05, 4.69) is 5.32 Å². The maximum Gasteiger partial charge on any atom is 1.00 e. The zero-order valence-corrected chi connectivity index (χ0v) is 18.7. The van der Waals surface area contributed by atoms with Crippen LogP contribution in [-0.4, -0.2) is 52.4 Å². The second kappa shape index (κ2) is 9.35. The zero-order chi connectivity index (χ0) is 18.8. The van der Waals surface area contributed by atoms with E-state index in [9.17, 15) is 24.3 Å². The number of hydrogen-bond donors (Lipinski definition) is 1. The van der Waals surface area contributed by atoms with Crippen LogP contribution in [0.5, 0.6) is 0 Å². The van der Waals surface area contributed by atoms with Crippen molar-refractivity contribution in [3.05, 3.63) is 47.2 Å². The molecule has 0 unspecified atom stereocenters. The summed E-state index contributed by atoms with van der Waals surface area (Å²) in [6.07, 6.45) is 0. The fraction of sp³-hybridized carbons (Fsp3) is 0.294. The molecule has 2 amide bonds. The van der Waals surface area contributed by atoms with Crippen molar-refractivity contribution in [3.63, 3.8) is 0 Å². The number of carbonyl (C=O) groups is 4. The SMILES string of the molecule is CC(=O)OCC1=C(C(=O)[O-])N2C(=O)[C@H](NC(=O)c3ccccc3)[C@H]2SC1.[K+]. The molecule has 0 radical (unpaired) electrons. The van der Waals surface area contributed by atoms with Gasteiger partial charge in [-0.25, -0.2) is 0 Å². The van der Waals surface area contributed by atoms with Gasteiger partial charge in [0, 0.05) is 23.8 Å². The van der Waals surface area contributed by atoms with Gasteiger partial charge < -0.3 is 20.0 Å². The molecule has 0 bridgehead atoms. The third kappa shape index (κ3) is 4.64. The number of nitrogens with zero attached hydrogens (tertiary/aromatic N) is 1. The van der Waals surface area contributed by atoms with E-state index in [1.54, 1.807) is 30.3 Å². The van der Waals surface area contributed by atoms with E-state index in [1.165, 1.54) is 18.7 Å². The molecule has 0 saturated carbocycles. The van der Waals surface area contributed by atoms with Crippen molar-refractivity contribution in [2.24, 2.45) is 0 Å². The molecule has 2 aliphatic heterocycles. The second-order valence-electron chi connectivity index (χ2n) is 5.75. The third-order valence-electron chi connectivity index (χ3n) is 4.01. The first-order valence-electron chi connectivity index (χ1n) is 7.77. The number of nitrogens with one attached hydrogen (secondary N) is 1. The zero-order valence-electron chi connectivity index (χ0n) is 14.8. The summed E-state index contributed by atoms with van der Waals surface area (Å²) < 4.78 is 4.84. The number of amides is 2. The van der Waals surface area contributed by atoms with Gasteiger partial charge >= 0.3 is 57.4 Å². The molecule has 1 fully saturated rings. The van der Waals surface area contributed by atoms with E-state index >= 15 is 0 Å². The smallest absolute Gasteiger partial charge is 0.543 e. The Morgan fingerprint density at radius 3 is 2.56 bits per heavy atom. The van der Waals surface area contributed by atoms with Crippen LogP contribution in [0, 0.1) is 0 Å². The van der Waals surface area contributed by atoms with E-state index < -0.39 is 35.2 Å². The van der Waals surface area contributed by atoms with Gasteiger partial charge in [0.15, 0.2) is 0 Å². The Morgan fingerprint density at radius 1 is 1.30 bits per heavy atom. The summed E-state index contributed by atoms with van der Waals surface area (Å²) in [5, 5.41) is 13.6. The van der Waals surface area contributed by atoms with Gasteiger partial charge in [-0.3, -0.25) is 19.3 Å². The van der Waals surface area contributed by atoms with Gasteiger partial charge in [-0.1, -0.05) is 18.2 Å². The van der Waals surface area contributed by atoms with Crippen LogP contribution < -0.4 is 61.8 Å². The molecule has 0 aliphatic carbocycles. The minimum Gasteiger partial charge on any atom is -0.543 e. The number of thioether (sulfide) groups is 1. The number of hydrogen-bond acceptors (Lipinski definition) is 7. The van der Waals surface area contributed by atoms with Crippen LogP contribution in [0.2, 0.25) is 0 Å². The van der Waals surface area contributed by atoms with Crippen LogP contribution in [0.15, 0.2) is 41.6 Å². The topological polar surface area (TPSA) is 116 Å². The molecule has 10 heteroatoms. The van der Waals surface area contributed by atoms with Crippen molar-refractivity contribution in [3.8, 4) is 0 Å². The molecule has 0 spiro atoms. The largest absolute Gasteiger partial charge is 1.00 e. The van der Waals surface area contributed by atoms with E-state index in [-0.39, 0.29) is 69.4 Å². The number of fused-ring (bicyclic) bond motifs is 1. The molecule has 1 aromatic carbocycles. The quantitative estimate of drug-likeness (QED) is 0.299. The summed E-state index contributed by atoms with van der Waals surface area (Å²) in [5.41, 5.74) is 0.415. The third-order valence-corrected chi connectivity index (χ3v) is 5.35. The van der Waals surface area contributed by atoms with Gasteiger partial charge in [0.25, 0.3) is 11.8 Å². The van der Waals surface area contributed by atoms with Gasteiger partial charge in [0.1, 0.15) is 18.0 Å². The van der Waals surface area contributed by atoms with Crippen molar-refractivity contribution in [2.75, 3.05) is 12.4 Å². The minimum atomic E-state index is -1.52. The Hall–Kier alpha value is -1.17. The van der Waals surface area contributed by atoms with Gasteiger partial charge in [0.2, 0.25) is 0 Å². The molecule has 136 valence electrons. The average Bonchev–Trinajstić information content (AvgIpc) is 2.63. The summed E-state index contributed by atoms with van der Waals surface area (Å²) in [7, 11) is 0. The van der Waals surface area contributed by atoms with Crippen molar-refractivity contribution in [1.29, 1.82) is 0 Å². The second-order valence-corrected chi connectivity index (χ2v) is 6.85. The average molecular weight is 414 g/mol. The van der Waals surface area contributed by atoms with Crippen LogP contribution in [0.1, 0.15) is 17.3 Å². The molecular formula is C17H15KN2O6S. The summed E-state index contributed by atoms with van der Waals surface area (Å²) in [6, 6.07) is 7.60. The maximum atomic E-state index is 12.4. The van der Waals surface area contributed by atoms with Gasteiger partial charge in [-0.2, -0.15) is 0 Å². The molecule has 3 rings (SSSR count). The number of ether oxygens (including phenoxy) is 1. The molecular weight excluding hydrogens is 399 g/mol. The summed E-state index contributed by atoms with van der Waals surface area (Å²) in [5.74, 6) is -2.76. The molecule has 2 atom stereocenters. The normalized spacial score (nSPS) is 20.8. The standard InChI is InChI=1S/C17H16N2O6S.K/c1-9(20)25-7-11-8-26-16-12(15(22)19(16)13(11)17(23)24)18-14(21)10-5-3-2-4-6-10;/h2-6,12,16H,7-8H2,1H3,(H,18,21)(H,23,24);/q;+1/p-1/t12-,16+;/m0./s1. The van der Waals surface area contributed by atoms with Crippen molar-refractivity contribution in [2.45, 2.75) is 18.3 Å². The van der Waals surface area contributed by atoms with E-state index in [0.29, 0.717) is 11.1 Å². The van der Waals surface area contributed by atoms with Crippen LogP contribution in [0.3, 0.4) is 0 Å². The number of carboxylic acids is 1. The van der Waals surface area contributed by atoms with E-state index in [4.69, 9.17) is 4.74 Å². The molecule has 8 nitrogen and oxygen atoms in total. The molecule has 0 aromatic heterocycles. The summed E-state index contributed by atoms with van der Waals surface area (Å²) >= 11 is 1.29. The Bertz CT molecular complexity index is 813. The van der Waals surface area contributed by atoms with Gasteiger partial charge in [-0.15, -0.1) is 11.8 Å². The van der Waals surface area contributed by atoms with E-state index in [0.717, 1.165) is 4.90 Å². The number of benzene rings is 1. The number of esters is 1. The first-order valence-corrected chi connectivity index (χ1v) is 8.82. The first kappa shape index (κ1) is 22.1. The number of rotatable bonds is 5. The molecule has 2 heterocycles. The molecule has 1 aromatic rings. The first-order chi connectivity index (χ1) is 12.4. The minimum absolute atomic E-state index is 0. The predicted octanol–water partition coefficient (Wildman–Crippen LogP) is -3.73. The van der Waals surface area contributed by atoms with Crippen molar-refractivity contribution < 1.29 is 80.4 Å². The summed E-state index contributed by atoms with van der Waals surface area (Å²) in [4.78, 5) is 48.2.